The van der Waals surface area contributed by atoms with E-state index in [1.165, 1.54) is 12.2 Å². The highest BCUT2D eigenvalue weighted by molar-refractivity contribution is 6.30. The van der Waals surface area contributed by atoms with Gasteiger partial charge in [-0.3, -0.25) is 19.5 Å². The molecule has 8 atom stereocenters. The summed E-state index contributed by atoms with van der Waals surface area (Å²) in [5.41, 5.74) is -4.18. The average molecular weight is 518 g/mol. The minimum Gasteiger partial charge on any atom is -0.390 e. The molecule has 8 heteroatoms. The second-order valence-electron chi connectivity index (χ2n) is 11.6. The summed E-state index contributed by atoms with van der Waals surface area (Å²) in [7, 11) is 0. The lowest BCUT2D eigenvalue weighted by atomic mass is 9.44. The Hall–Kier alpha value is -2.09. The number of alkyl halides is 2. The maximum atomic E-state index is 17.4. The lowest BCUT2D eigenvalue weighted by Crippen LogP contribution is -2.69. The van der Waals surface area contributed by atoms with Gasteiger partial charge in [0.1, 0.15) is 0 Å². The number of Topliss-reactive ketones (excluding diaryl/α,β-unsaturated/α-hetero) is 1. The van der Waals surface area contributed by atoms with Crippen molar-refractivity contribution >= 4 is 28.9 Å². The average Bonchev–Trinajstić information content (AvgIpc) is 3.34. The zero-order chi connectivity index (χ0) is 25.7. The Balaban J connectivity index is 1.43. The van der Waals surface area contributed by atoms with Crippen LogP contribution in [0.3, 0.4) is 0 Å². The molecule has 5 aliphatic rings. The van der Waals surface area contributed by atoms with Crippen molar-refractivity contribution in [2.75, 3.05) is 18.3 Å². The van der Waals surface area contributed by atoms with E-state index in [4.69, 9.17) is 16.4 Å². The molecular formula is C28H30ClF2NO4. The van der Waals surface area contributed by atoms with Crippen LogP contribution in [0.15, 0.2) is 48.1 Å². The fraction of sp³-hybridized carbons (Fsp3) is 0.571. The number of hydrogen-bond acceptors (Lipinski definition) is 5. The Bertz CT molecular complexity index is 1200. The molecule has 192 valence electrons. The Morgan fingerprint density at radius 3 is 2.67 bits per heavy atom. The van der Waals surface area contributed by atoms with Gasteiger partial charge < -0.3 is 5.11 Å². The number of ketones is 2. The van der Waals surface area contributed by atoms with Crippen molar-refractivity contribution < 1.29 is 28.3 Å². The van der Waals surface area contributed by atoms with Crippen molar-refractivity contribution in [2.24, 2.45) is 28.6 Å². The van der Waals surface area contributed by atoms with E-state index in [0.29, 0.717) is 42.1 Å². The van der Waals surface area contributed by atoms with Crippen molar-refractivity contribution in [3.63, 3.8) is 0 Å². The highest BCUT2D eigenvalue weighted by Crippen LogP contribution is 2.72. The van der Waals surface area contributed by atoms with E-state index >= 15 is 4.39 Å². The molecule has 0 spiro atoms. The number of anilines is 1. The molecule has 3 saturated carbocycles. The molecular weight excluding hydrogens is 488 g/mol. The molecule has 1 aromatic carbocycles. The molecule has 6 rings (SSSR count). The van der Waals surface area contributed by atoms with E-state index in [0.717, 1.165) is 0 Å². The van der Waals surface area contributed by atoms with Crippen LogP contribution in [0.25, 0.3) is 0 Å². The summed E-state index contributed by atoms with van der Waals surface area (Å²) >= 11 is 6.04. The zero-order valence-corrected chi connectivity index (χ0v) is 21.1. The maximum Gasteiger partial charge on any atom is 0.199 e. The number of halogens is 3. The molecule has 0 aromatic heterocycles. The van der Waals surface area contributed by atoms with Crippen molar-refractivity contribution in [3.05, 3.63) is 53.1 Å². The SMILES string of the molecule is C[C@]12C=CC(=O)C=C1CC[C@H]1[C@@H]3C[C@H]4CN(c5ccc(Cl)cc5)O[C@@]4(C(=O)CF)[C@@]3(C)C[C@H](O)[C@@]12F. The Morgan fingerprint density at radius 1 is 1.25 bits per heavy atom. The molecule has 0 amide bonds. The lowest BCUT2D eigenvalue weighted by Gasteiger charge is -2.62. The Morgan fingerprint density at radius 2 is 1.97 bits per heavy atom. The van der Waals surface area contributed by atoms with Gasteiger partial charge in [-0.1, -0.05) is 30.2 Å². The topological polar surface area (TPSA) is 66.8 Å². The van der Waals surface area contributed by atoms with Gasteiger partial charge in [-0.2, -0.15) is 0 Å². The molecule has 1 saturated heterocycles. The van der Waals surface area contributed by atoms with Gasteiger partial charge in [0.25, 0.3) is 0 Å². The van der Waals surface area contributed by atoms with E-state index < -0.39 is 46.6 Å². The number of hydroxylamine groups is 1. The number of nitrogens with zero attached hydrogens (tertiary/aromatic N) is 1. The van der Waals surface area contributed by atoms with Gasteiger partial charge in [0.05, 0.1) is 18.3 Å². The Kier molecular flexibility index (Phi) is 5.20. The number of aliphatic hydroxyl groups excluding tert-OH is 1. The standard InChI is InChI=1S/C28H30ClF2NO4/c1-25-10-9-20(33)11-16(25)3-8-21-22-12-17-15-32(19-6-4-18(29)5-7-19)36-28(17,24(35)14-30)26(22,2)13-23(34)27(21,25)31/h4-7,9-11,17,21-23,34H,3,8,12-15H2,1-2H3/t17-,21-,22-,23-,25-,26-,27-,28-/m0/s1. The number of hydrogen-bond donors (Lipinski definition) is 1. The van der Waals surface area contributed by atoms with Crippen LogP contribution in [-0.2, 0) is 14.4 Å². The van der Waals surface area contributed by atoms with Crippen LogP contribution in [0, 0.1) is 28.6 Å². The van der Waals surface area contributed by atoms with E-state index in [-0.39, 0.29) is 24.0 Å². The third-order valence-electron chi connectivity index (χ3n) is 10.3. The Labute approximate surface area is 214 Å². The fourth-order valence-corrected chi connectivity index (χ4v) is 8.74. The molecule has 4 fully saturated rings. The van der Waals surface area contributed by atoms with Crippen molar-refractivity contribution in [2.45, 2.75) is 56.9 Å². The predicted octanol–water partition coefficient (Wildman–Crippen LogP) is 4.97. The molecule has 0 radical (unpaired) electrons. The van der Waals surface area contributed by atoms with E-state index in [9.17, 15) is 19.1 Å². The molecule has 36 heavy (non-hydrogen) atoms. The minimum atomic E-state index is -2.01. The van der Waals surface area contributed by atoms with Gasteiger partial charge >= 0.3 is 0 Å². The maximum absolute atomic E-state index is 17.4. The summed E-state index contributed by atoms with van der Waals surface area (Å²) in [6.45, 7) is 2.80. The van der Waals surface area contributed by atoms with Gasteiger partial charge in [-0.25, -0.2) is 8.78 Å². The van der Waals surface area contributed by atoms with Gasteiger partial charge in [-0.05, 0) is 74.9 Å². The molecule has 0 bridgehead atoms. The van der Waals surface area contributed by atoms with E-state index in [2.05, 4.69) is 0 Å². The minimum absolute atomic E-state index is 0.0357. The first-order valence-electron chi connectivity index (χ1n) is 12.6. The second kappa shape index (κ2) is 7.71. The van der Waals surface area contributed by atoms with E-state index in [1.54, 1.807) is 42.3 Å². The number of allylic oxidation sites excluding steroid dienone is 4. The third kappa shape index (κ3) is 2.77. The van der Waals surface area contributed by atoms with Crippen molar-refractivity contribution in [3.8, 4) is 0 Å². The van der Waals surface area contributed by atoms with Crippen LogP contribution in [0.5, 0.6) is 0 Å². The molecule has 0 unspecified atom stereocenters. The zero-order valence-electron chi connectivity index (χ0n) is 20.3. The number of carbonyl (C=O) groups is 2. The smallest absolute Gasteiger partial charge is 0.199 e. The van der Waals surface area contributed by atoms with Crippen LogP contribution in [0.2, 0.25) is 5.02 Å². The normalized spacial score (nSPS) is 45.0. The number of aliphatic hydroxyl groups is 1. The van der Waals surface area contributed by atoms with Crippen molar-refractivity contribution in [1.29, 1.82) is 0 Å². The molecule has 1 aromatic rings. The summed E-state index contributed by atoms with van der Waals surface area (Å²) < 4.78 is 31.5. The van der Waals surface area contributed by atoms with Gasteiger partial charge in [0, 0.05) is 27.7 Å². The second-order valence-corrected chi connectivity index (χ2v) is 12.1. The van der Waals surface area contributed by atoms with Crippen LogP contribution in [0.1, 0.15) is 39.5 Å². The molecule has 5 nitrogen and oxygen atoms in total. The third-order valence-corrected chi connectivity index (χ3v) is 10.5. The summed E-state index contributed by atoms with van der Waals surface area (Å²) in [4.78, 5) is 31.9. The van der Waals surface area contributed by atoms with Crippen molar-refractivity contribution in [1.82, 2.24) is 0 Å². The van der Waals surface area contributed by atoms with E-state index in [1.807, 2.05) is 6.92 Å². The first kappa shape index (κ1) is 24.3. The summed E-state index contributed by atoms with van der Waals surface area (Å²) in [6.07, 6.45) is 4.53. The highest BCUT2D eigenvalue weighted by atomic mass is 35.5. The van der Waals surface area contributed by atoms with Crippen LogP contribution < -0.4 is 5.06 Å². The molecule has 1 N–H and O–H groups in total. The number of carbonyl (C=O) groups excluding carboxylic acids is 2. The molecule has 1 aliphatic heterocycles. The van der Waals surface area contributed by atoms with Crippen LogP contribution >= 0.6 is 11.6 Å². The predicted molar refractivity (Wildman–Crippen MR) is 131 cm³/mol. The summed E-state index contributed by atoms with van der Waals surface area (Å²) in [6, 6.07) is 7.01. The number of fused-ring (bicyclic) bond motifs is 7. The summed E-state index contributed by atoms with van der Waals surface area (Å²) in [5, 5.41) is 13.7. The van der Waals surface area contributed by atoms with Gasteiger partial charge in [0.2, 0.25) is 0 Å². The quantitative estimate of drug-likeness (QED) is 0.613. The largest absolute Gasteiger partial charge is 0.390 e. The fourth-order valence-electron chi connectivity index (χ4n) is 8.62. The lowest BCUT2D eigenvalue weighted by molar-refractivity contribution is -0.223. The van der Waals surface area contributed by atoms with Crippen LogP contribution in [-0.4, -0.2) is 47.3 Å². The van der Waals surface area contributed by atoms with Gasteiger partial charge in [0.15, 0.2) is 29.5 Å². The number of rotatable bonds is 3. The number of benzene rings is 1. The highest BCUT2D eigenvalue weighted by Gasteiger charge is 2.79. The molecule has 4 aliphatic carbocycles. The monoisotopic (exact) mass is 517 g/mol. The first-order chi connectivity index (χ1) is 17.0. The van der Waals surface area contributed by atoms with Crippen LogP contribution in [0.4, 0.5) is 14.5 Å². The van der Waals surface area contributed by atoms with Gasteiger partial charge in [-0.15, -0.1) is 0 Å². The summed E-state index contributed by atoms with van der Waals surface area (Å²) in [5.74, 6) is -2.03. The first-order valence-corrected chi connectivity index (χ1v) is 13.0. The molecule has 1 heterocycles.